The first kappa shape index (κ1) is 9.44. The van der Waals surface area contributed by atoms with E-state index in [1.165, 1.54) is 32.4 Å². The maximum Gasteiger partial charge on any atom is 0.0766 e. The van der Waals surface area contributed by atoms with Crippen LogP contribution < -0.4 is 5.32 Å². The summed E-state index contributed by atoms with van der Waals surface area (Å²) in [6, 6.07) is 0. The van der Waals surface area contributed by atoms with Crippen molar-refractivity contribution in [2.24, 2.45) is 0 Å². The molecule has 75 valence electrons. The fraction of sp³-hybridized carbons (Fsp3) is 1.00. The Balaban J connectivity index is 1.88. The van der Waals surface area contributed by atoms with E-state index in [0.29, 0.717) is 6.17 Å². The van der Waals surface area contributed by atoms with Gasteiger partial charge in [-0.3, -0.25) is 9.80 Å². The number of hydrogen-bond acceptors (Lipinski definition) is 2. The molecule has 2 fully saturated rings. The topological polar surface area (TPSA) is 20.6 Å². The molecule has 0 bridgehead atoms. The zero-order chi connectivity index (χ0) is 9.10. The summed E-state index contributed by atoms with van der Waals surface area (Å²) in [5, 5.41) is 4.50. The molecule has 2 aliphatic heterocycles. The number of rotatable bonds is 1. The van der Waals surface area contributed by atoms with Gasteiger partial charge >= 0.3 is 0 Å². The van der Waals surface area contributed by atoms with Crippen LogP contribution in [0, 0.1) is 0 Å². The minimum atomic E-state index is 0.606. The minimum absolute atomic E-state index is 0.606. The van der Waals surface area contributed by atoms with Gasteiger partial charge in [0.1, 0.15) is 0 Å². The van der Waals surface area contributed by atoms with Crippen LogP contribution in [0.1, 0.15) is 19.3 Å². The van der Waals surface area contributed by atoms with Gasteiger partial charge in [0.15, 0.2) is 0 Å². The highest BCUT2D eigenvalue weighted by Gasteiger charge is 2.26. The van der Waals surface area contributed by atoms with Gasteiger partial charge in [-0.2, -0.15) is 0 Å². The maximum absolute atomic E-state index is 4.50. The van der Waals surface area contributed by atoms with Crippen molar-refractivity contribution < 1.29 is 0 Å². The Morgan fingerprint density at radius 1 is 1.08 bits per heavy atom. The van der Waals surface area contributed by atoms with Crippen LogP contribution >= 0.6 is 0 Å². The van der Waals surface area contributed by atoms with Crippen molar-refractivity contribution in [3.63, 3.8) is 0 Å². The molecule has 3 nitrogen and oxygen atoms in total. The Hall–Kier alpha value is -0.120. The number of hydrogen-bond donors (Lipinski definition) is 0. The molecule has 1 unspecified atom stereocenters. The molecule has 2 aliphatic rings. The average molecular weight is 182 g/mol. The molecular formula is C10H20N3. The largest absolute Gasteiger partial charge is 0.289 e. The molecule has 0 aromatic rings. The van der Waals surface area contributed by atoms with Crippen molar-refractivity contribution >= 4 is 0 Å². The van der Waals surface area contributed by atoms with E-state index in [-0.39, 0.29) is 0 Å². The quantitative estimate of drug-likeness (QED) is 0.583. The monoisotopic (exact) mass is 182 g/mol. The fourth-order valence-electron chi connectivity index (χ4n) is 2.33. The lowest BCUT2D eigenvalue weighted by molar-refractivity contribution is 0.0287. The number of piperidine rings is 1. The summed E-state index contributed by atoms with van der Waals surface area (Å²) in [5.74, 6) is 0. The Bertz CT molecular complexity index is 154. The molecule has 2 heterocycles. The van der Waals surface area contributed by atoms with Crippen LogP contribution in [0.3, 0.4) is 0 Å². The molecular weight excluding hydrogens is 162 g/mol. The van der Waals surface area contributed by atoms with E-state index in [9.17, 15) is 0 Å². The normalized spacial score (nSPS) is 33.5. The van der Waals surface area contributed by atoms with Crippen LogP contribution in [-0.4, -0.2) is 55.7 Å². The van der Waals surface area contributed by atoms with Gasteiger partial charge in [-0.05, 0) is 33.0 Å². The second-order valence-corrected chi connectivity index (χ2v) is 4.19. The second kappa shape index (κ2) is 4.40. The average Bonchev–Trinajstić information content (AvgIpc) is 2.20. The van der Waals surface area contributed by atoms with Gasteiger partial charge in [0.05, 0.1) is 6.17 Å². The number of nitrogens with zero attached hydrogens (tertiary/aromatic N) is 3. The summed E-state index contributed by atoms with van der Waals surface area (Å²) < 4.78 is 0. The van der Waals surface area contributed by atoms with Crippen molar-refractivity contribution in [1.29, 1.82) is 0 Å². The maximum atomic E-state index is 4.50. The predicted molar refractivity (Wildman–Crippen MR) is 53.7 cm³/mol. The highest BCUT2D eigenvalue weighted by atomic mass is 15.4. The summed E-state index contributed by atoms with van der Waals surface area (Å²) in [6.07, 6.45) is 4.78. The molecule has 2 saturated heterocycles. The first-order valence-corrected chi connectivity index (χ1v) is 5.45. The lowest BCUT2D eigenvalue weighted by Crippen LogP contribution is -2.56. The zero-order valence-corrected chi connectivity index (χ0v) is 8.58. The molecule has 3 heteroatoms. The summed E-state index contributed by atoms with van der Waals surface area (Å²) in [5.41, 5.74) is 0. The van der Waals surface area contributed by atoms with E-state index in [1.54, 1.807) is 0 Å². The third kappa shape index (κ3) is 2.22. The Labute approximate surface area is 81.1 Å². The third-order valence-electron chi connectivity index (χ3n) is 3.22. The van der Waals surface area contributed by atoms with Crippen molar-refractivity contribution in [3.8, 4) is 0 Å². The van der Waals surface area contributed by atoms with E-state index in [4.69, 9.17) is 0 Å². The molecule has 0 aromatic carbocycles. The Kier molecular flexibility index (Phi) is 3.19. The lowest BCUT2D eigenvalue weighted by Gasteiger charge is -2.42. The lowest BCUT2D eigenvalue weighted by atomic mass is 10.1. The van der Waals surface area contributed by atoms with E-state index in [0.717, 1.165) is 19.6 Å². The van der Waals surface area contributed by atoms with E-state index < -0.39 is 0 Å². The fourth-order valence-corrected chi connectivity index (χ4v) is 2.33. The van der Waals surface area contributed by atoms with Crippen molar-refractivity contribution in [3.05, 3.63) is 0 Å². The van der Waals surface area contributed by atoms with Gasteiger partial charge in [-0.25, -0.2) is 5.32 Å². The summed E-state index contributed by atoms with van der Waals surface area (Å²) in [4.78, 5) is 5.06. The van der Waals surface area contributed by atoms with E-state index >= 15 is 0 Å². The van der Waals surface area contributed by atoms with Crippen LogP contribution in [0.15, 0.2) is 0 Å². The molecule has 0 amide bonds. The summed E-state index contributed by atoms with van der Waals surface area (Å²) in [7, 11) is 2.23. The Morgan fingerprint density at radius 2 is 1.85 bits per heavy atom. The molecule has 13 heavy (non-hydrogen) atoms. The van der Waals surface area contributed by atoms with Crippen LogP contribution in [-0.2, 0) is 0 Å². The molecule has 1 radical (unpaired) electrons. The molecule has 0 N–H and O–H groups in total. The molecule has 1 atom stereocenters. The van der Waals surface area contributed by atoms with Crippen molar-refractivity contribution in [1.82, 2.24) is 15.1 Å². The minimum Gasteiger partial charge on any atom is -0.289 e. The number of likely N-dealkylation sites (N-methyl/N-ethyl adjacent to an activating group) is 1. The van der Waals surface area contributed by atoms with Gasteiger partial charge in [-0.15, -0.1) is 0 Å². The third-order valence-corrected chi connectivity index (χ3v) is 3.22. The molecule has 2 rings (SSSR count). The van der Waals surface area contributed by atoms with Crippen LogP contribution in [0.2, 0.25) is 0 Å². The SMILES string of the molecule is CN1CC[N]CC1N1CCCCC1. The standard InChI is InChI=1S/C10H20N3/c1-12-8-5-11-9-10(12)13-6-3-2-4-7-13/h10H,2-9H2,1H3. The molecule has 0 spiro atoms. The van der Waals surface area contributed by atoms with Crippen LogP contribution in [0.5, 0.6) is 0 Å². The van der Waals surface area contributed by atoms with Crippen LogP contribution in [0.25, 0.3) is 0 Å². The van der Waals surface area contributed by atoms with E-state index in [1.807, 2.05) is 0 Å². The Morgan fingerprint density at radius 3 is 2.54 bits per heavy atom. The second-order valence-electron chi connectivity index (χ2n) is 4.19. The van der Waals surface area contributed by atoms with Crippen molar-refractivity contribution in [2.75, 3.05) is 39.8 Å². The van der Waals surface area contributed by atoms with Gasteiger partial charge in [0.25, 0.3) is 0 Å². The van der Waals surface area contributed by atoms with Gasteiger partial charge in [-0.1, -0.05) is 6.42 Å². The first-order valence-electron chi connectivity index (χ1n) is 5.45. The number of piperazine rings is 1. The van der Waals surface area contributed by atoms with Gasteiger partial charge in [0, 0.05) is 19.6 Å². The molecule has 0 saturated carbocycles. The smallest absolute Gasteiger partial charge is 0.0766 e. The summed E-state index contributed by atoms with van der Waals surface area (Å²) >= 11 is 0. The predicted octanol–water partition coefficient (Wildman–Crippen LogP) is 0.348. The van der Waals surface area contributed by atoms with Crippen LogP contribution in [0.4, 0.5) is 0 Å². The van der Waals surface area contributed by atoms with E-state index in [2.05, 4.69) is 22.2 Å². The first-order chi connectivity index (χ1) is 6.38. The number of likely N-dealkylation sites (tertiary alicyclic amines) is 1. The molecule has 0 aromatic heterocycles. The molecule has 0 aliphatic carbocycles. The zero-order valence-electron chi connectivity index (χ0n) is 8.58. The highest BCUT2D eigenvalue weighted by Crippen LogP contribution is 2.15. The highest BCUT2D eigenvalue weighted by molar-refractivity contribution is 4.79. The van der Waals surface area contributed by atoms with Gasteiger partial charge < -0.3 is 0 Å². The van der Waals surface area contributed by atoms with Gasteiger partial charge in [0.2, 0.25) is 0 Å². The summed E-state index contributed by atoms with van der Waals surface area (Å²) in [6.45, 7) is 5.76. The van der Waals surface area contributed by atoms with Crippen molar-refractivity contribution in [2.45, 2.75) is 25.4 Å².